The minimum Gasteiger partial charge on any atom is -0.591 e. The summed E-state index contributed by atoms with van der Waals surface area (Å²) in [4.78, 5) is 2.48. The number of anilines is 1. The Hall–Kier alpha value is -0.270. The van der Waals surface area contributed by atoms with Gasteiger partial charge in [0.15, 0.2) is 0 Å². The normalized spacial score (nSPS) is 21.9. The van der Waals surface area contributed by atoms with Crippen LogP contribution in [0.5, 0.6) is 0 Å². The Morgan fingerprint density at radius 3 is 2.43 bits per heavy atom. The molecule has 1 spiro atoms. The largest absolute Gasteiger partial charge is 0.591 e. The molecule has 1 heterocycles. The van der Waals surface area contributed by atoms with E-state index in [-0.39, 0.29) is 4.75 Å². The van der Waals surface area contributed by atoms with Crippen molar-refractivity contribution >= 4 is 45.9 Å². The van der Waals surface area contributed by atoms with Gasteiger partial charge >= 0.3 is 0 Å². The third-order valence-corrected chi connectivity index (χ3v) is 6.94. The van der Waals surface area contributed by atoms with Gasteiger partial charge < -0.3 is 9.45 Å². The molecule has 1 aromatic rings. The molecule has 0 bridgehead atoms. The summed E-state index contributed by atoms with van der Waals surface area (Å²) in [6.45, 7) is 8.12. The number of hydrogen-bond donors (Lipinski definition) is 0. The van der Waals surface area contributed by atoms with Crippen molar-refractivity contribution in [2.75, 3.05) is 18.0 Å². The zero-order valence-electron chi connectivity index (χ0n) is 14.1. The van der Waals surface area contributed by atoms with E-state index in [9.17, 15) is 4.55 Å². The fraction of sp³-hybridized carbons (Fsp3) is 0.611. The molecule has 1 saturated heterocycles. The number of hydrogen-bond acceptors (Lipinski definition) is 3. The van der Waals surface area contributed by atoms with Gasteiger partial charge in [-0.05, 0) is 86.6 Å². The lowest BCUT2D eigenvalue weighted by atomic mass is 9.93. The fourth-order valence-electron chi connectivity index (χ4n) is 3.06. The van der Waals surface area contributed by atoms with Gasteiger partial charge in [0.05, 0.1) is 6.21 Å². The summed E-state index contributed by atoms with van der Waals surface area (Å²) < 4.78 is 17.4. The van der Waals surface area contributed by atoms with Gasteiger partial charge in [0.1, 0.15) is 16.1 Å². The predicted octanol–water partition coefficient (Wildman–Crippen LogP) is 4.55. The second kappa shape index (κ2) is 6.56. The first-order chi connectivity index (χ1) is 10.8. The first-order valence-corrected chi connectivity index (χ1v) is 10.5. The molecule has 126 valence electrons. The molecule has 1 unspecified atom stereocenters. The summed E-state index contributed by atoms with van der Waals surface area (Å²) in [5, 5.41) is 0. The summed E-state index contributed by atoms with van der Waals surface area (Å²) in [5.41, 5.74) is 3.00. The van der Waals surface area contributed by atoms with Crippen LogP contribution in [0.4, 0.5) is 5.69 Å². The van der Waals surface area contributed by atoms with E-state index in [0.29, 0.717) is 5.41 Å². The Labute approximate surface area is 156 Å². The van der Waals surface area contributed by atoms with Gasteiger partial charge in [-0.1, -0.05) is 10.5 Å². The van der Waals surface area contributed by atoms with Gasteiger partial charge in [-0.2, -0.15) is 0 Å². The van der Waals surface area contributed by atoms with Gasteiger partial charge in [-0.3, -0.25) is 0 Å². The monoisotopic (exact) mass is 444 g/mol. The molecule has 1 aromatic carbocycles. The highest BCUT2D eigenvalue weighted by molar-refractivity contribution is 14.1. The van der Waals surface area contributed by atoms with Crippen LogP contribution in [0.25, 0.3) is 0 Å². The molecule has 5 heteroatoms. The van der Waals surface area contributed by atoms with Crippen molar-refractivity contribution in [2.24, 2.45) is 9.81 Å². The Kier molecular flexibility index (Phi) is 5.01. The van der Waals surface area contributed by atoms with Crippen molar-refractivity contribution < 1.29 is 4.55 Å². The van der Waals surface area contributed by atoms with Gasteiger partial charge in [-0.15, -0.1) is 0 Å². The van der Waals surface area contributed by atoms with Gasteiger partial charge in [0.25, 0.3) is 0 Å². The zero-order valence-corrected chi connectivity index (χ0v) is 17.1. The van der Waals surface area contributed by atoms with Crippen LogP contribution >= 0.6 is 22.6 Å². The molecule has 3 rings (SSSR count). The van der Waals surface area contributed by atoms with Crippen LogP contribution in [-0.4, -0.2) is 28.6 Å². The molecule has 0 radical (unpaired) electrons. The van der Waals surface area contributed by atoms with Crippen molar-refractivity contribution in [3.8, 4) is 0 Å². The molecule has 23 heavy (non-hydrogen) atoms. The molecule has 1 saturated carbocycles. The van der Waals surface area contributed by atoms with Crippen molar-refractivity contribution in [1.82, 2.24) is 0 Å². The number of halogens is 1. The van der Waals surface area contributed by atoms with Gasteiger partial charge in [-0.25, -0.2) is 0 Å². The van der Waals surface area contributed by atoms with Crippen molar-refractivity contribution in [2.45, 2.75) is 51.2 Å². The molecule has 3 nitrogen and oxygen atoms in total. The Morgan fingerprint density at radius 2 is 1.87 bits per heavy atom. The van der Waals surface area contributed by atoms with Crippen LogP contribution < -0.4 is 4.90 Å². The smallest absolute Gasteiger partial charge is 0.144 e. The summed E-state index contributed by atoms with van der Waals surface area (Å²) in [6.07, 6.45) is 7.26. The highest BCUT2D eigenvalue weighted by Gasteiger charge is 2.44. The maximum Gasteiger partial charge on any atom is 0.144 e. The van der Waals surface area contributed by atoms with Gasteiger partial charge in [0, 0.05) is 27.9 Å². The molecule has 0 aromatic heterocycles. The SMILES string of the molecule is CC(C)(C)[S+]([O-])N=Cc1ccc(I)cc1N1CCC2(CC1)CC2. The molecule has 1 aliphatic heterocycles. The summed E-state index contributed by atoms with van der Waals surface area (Å²) in [7, 11) is 0. The summed E-state index contributed by atoms with van der Waals surface area (Å²) >= 11 is 1.15. The first-order valence-electron chi connectivity index (χ1n) is 8.30. The first kappa shape index (κ1) is 17.5. The maximum atomic E-state index is 12.2. The molecule has 0 amide bonds. The topological polar surface area (TPSA) is 38.7 Å². The third-order valence-electron chi connectivity index (χ3n) is 4.93. The summed E-state index contributed by atoms with van der Waals surface area (Å²) in [5.74, 6) is 0. The van der Waals surface area contributed by atoms with Crippen LogP contribution in [-0.2, 0) is 11.4 Å². The minimum atomic E-state index is -1.21. The molecule has 2 aliphatic rings. The van der Waals surface area contributed by atoms with Crippen molar-refractivity contribution in [3.05, 3.63) is 27.3 Å². The fourth-order valence-corrected chi connectivity index (χ4v) is 4.06. The Balaban J connectivity index is 1.79. The molecule has 2 fully saturated rings. The highest BCUT2D eigenvalue weighted by atomic mass is 127. The molecular formula is C18H25IN2OS. The minimum absolute atomic E-state index is 0.316. The van der Waals surface area contributed by atoms with E-state index in [2.05, 4.69) is 50.1 Å². The number of piperidine rings is 1. The van der Waals surface area contributed by atoms with E-state index in [1.807, 2.05) is 20.8 Å². The van der Waals surface area contributed by atoms with Crippen LogP contribution in [0, 0.1) is 8.99 Å². The maximum absolute atomic E-state index is 12.2. The zero-order chi connectivity index (χ0) is 16.7. The van der Waals surface area contributed by atoms with Crippen LogP contribution in [0.2, 0.25) is 0 Å². The average molecular weight is 444 g/mol. The van der Waals surface area contributed by atoms with Crippen molar-refractivity contribution in [1.29, 1.82) is 0 Å². The second-order valence-electron chi connectivity index (χ2n) is 7.79. The van der Waals surface area contributed by atoms with Crippen LogP contribution in [0.3, 0.4) is 0 Å². The highest BCUT2D eigenvalue weighted by Crippen LogP contribution is 2.54. The van der Waals surface area contributed by atoms with E-state index in [4.69, 9.17) is 0 Å². The van der Waals surface area contributed by atoms with Crippen LogP contribution in [0.15, 0.2) is 22.6 Å². The lowest BCUT2D eigenvalue weighted by molar-refractivity contribution is 0.384. The third kappa shape index (κ3) is 4.23. The standard InChI is InChI=1S/C18H25IN2OS/c1-17(2,3)23(22)20-13-14-4-5-15(19)12-16(14)21-10-8-18(6-7-18)9-11-21/h4-5,12-13H,6-11H2,1-3H3. The molecule has 0 N–H and O–H groups in total. The van der Waals surface area contributed by atoms with E-state index < -0.39 is 11.4 Å². The second-order valence-corrected chi connectivity index (χ2v) is 11.0. The average Bonchev–Trinajstić information content (AvgIpc) is 3.25. The number of nitrogens with zero attached hydrogens (tertiary/aromatic N) is 2. The van der Waals surface area contributed by atoms with E-state index >= 15 is 0 Å². The van der Waals surface area contributed by atoms with E-state index in [1.54, 1.807) is 6.21 Å². The molecule has 1 atom stereocenters. The molecule has 1 aliphatic carbocycles. The van der Waals surface area contributed by atoms with Crippen molar-refractivity contribution in [3.63, 3.8) is 0 Å². The summed E-state index contributed by atoms with van der Waals surface area (Å²) in [6, 6.07) is 6.42. The quantitative estimate of drug-likeness (QED) is 0.390. The van der Waals surface area contributed by atoms with Gasteiger partial charge in [0.2, 0.25) is 0 Å². The predicted molar refractivity (Wildman–Crippen MR) is 108 cm³/mol. The van der Waals surface area contributed by atoms with E-state index in [1.165, 1.54) is 34.9 Å². The Morgan fingerprint density at radius 1 is 1.22 bits per heavy atom. The van der Waals surface area contributed by atoms with E-state index in [0.717, 1.165) is 18.7 Å². The lowest BCUT2D eigenvalue weighted by Gasteiger charge is -2.34. The number of benzene rings is 1. The Bertz CT molecular complexity index is 598. The molecular weight excluding hydrogens is 419 g/mol. The van der Waals surface area contributed by atoms with Crippen LogP contribution in [0.1, 0.15) is 52.0 Å². The number of rotatable bonds is 3. The lowest BCUT2D eigenvalue weighted by Crippen LogP contribution is -2.35.